The zero-order chi connectivity index (χ0) is 33.0. The third kappa shape index (κ3) is 29.3. The third-order valence-corrected chi connectivity index (χ3v) is 10.4. The van der Waals surface area contributed by atoms with Crippen molar-refractivity contribution in [1.29, 1.82) is 0 Å². The lowest BCUT2D eigenvalue weighted by molar-refractivity contribution is -0.698. The molecule has 0 fully saturated rings. The van der Waals surface area contributed by atoms with Crippen LogP contribution in [0, 0.1) is 0 Å². The molecular weight excluding hydrogens is 555 g/mol. The first-order chi connectivity index (χ1) is 22.8. The quantitative estimate of drug-likeness (QED) is 0.0503. The Morgan fingerprint density at radius 1 is 0.304 bits per heavy atom. The Balaban J connectivity index is 2.29. The molecule has 0 spiro atoms. The Bertz CT molecular complexity index is 675. The molecule has 0 aliphatic rings. The molecule has 0 aliphatic carbocycles. The molecule has 270 valence electrons. The van der Waals surface area contributed by atoms with Crippen LogP contribution in [0.4, 0.5) is 0 Å². The van der Waals surface area contributed by atoms with Gasteiger partial charge in [-0.05, 0) is 38.2 Å². The highest BCUT2D eigenvalue weighted by Crippen LogP contribution is 2.17. The summed E-state index contributed by atoms with van der Waals surface area (Å²) in [5.74, 6) is 0. The molecule has 0 saturated heterocycles. The van der Waals surface area contributed by atoms with Crippen molar-refractivity contribution in [2.24, 2.45) is 0 Å². The van der Waals surface area contributed by atoms with Crippen LogP contribution in [0.2, 0.25) is 0 Å². The van der Waals surface area contributed by atoms with Crippen molar-refractivity contribution in [1.82, 2.24) is 0 Å². The van der Waals surface area contributed by atoms with Crippen LogP contribution in [0.5, 0.6) is 0 Å². The first-order valence-electron chi connectivity index (χ1n) is 21.8. The van der Waals surface area contributed by atoms with Crippen molar-refractivity contribution in [3.05, 3.63) is 29.6 Å². The molecule has 0 aliphatic heterocycles. The molecule has 1 heterocycles. The zero-order valence-corrected chi connectivity index (χ0v) is 32.3. The second-order valence-electron chi connectivity index (χ2n) is 15.3. The first-order valence-corrected chi connectivity index (χ1v) is 21.8. The predicted molar refractivity (Wildman–Crippen MR) is 208 cm³/mol. The van der Waals surface area contributed by atoms with Crippen LogP contribution < -0.4 is 4.57 Å². The Labute approximate surface area is 291 Å². The van der Waals surface area contributed by atoms with Crippen LogP contribution >= 0.6 is 0 Å². The van der Waals surface area contributed by atoms with E-state index in [1.807, 2.05) is 0 Å². The van der Waals surface area contributed by atoms with E-state index < -0.39 is 0 Å². The van der Waals surface area contributed by atoms with E-state index in [0.717, 1.165) is 0 Å². The van der Waals surface area contributed by atoms with Gasteiger partial charge in [0.15, 0.2) is 12.4 Å². The van der Waals surface area contributed by atoms with Crippen molar-refractivity contribution in [3.8, 4) is 0 Å². The second kappa shape index (κ2) is 35.5. The maximum absolute atomic E-state index is 2.58. The Kier molecular flexibility index (Phi) is 33.3. The lowest BCUT2D eigenvalue weighted by atomic mass is 10.0. The molecule has 0 aromatic carbocycles. The minimum absolute atomic E-state index is 1.22. The molecule has 0 N–H and O–H groups in total. The summed E-state index contributed by atoms with van der Waals surface area (Å²) in [6, 6.07) is 2.57. The van der Waals surface area contributed by atoms with Crippen molar-refractivity contribution in [3.63, 3.8) is 0 Å². The number of unbranched alkanes of at least 4 members (excludes halogenated alkanes) is 31. The van der Waals surface area contributed by atoms with Crippen LogP contribution in [-0.4, -0.2) is 0 Å². The maximum atomic E-state index is 2.58. The summed E-state index contributed by atoms with van der Waals surface area (Å²) in [5.41, 5.74) is 3.21. The van der Waals surface area contributed by atoms with Gasteiger partial charge in [0.2, 0.25) is 0 Å². The van der Waals surface area contributed by atoms with Gasteiger partial charge in [-0.1, -0.05) is 213 Å². The molecule has 0 atom stereocenters. The lowest BCUT2D eigenvalue weighted by Crippen LogP contribution is -2.34. The summed E-state index contributed by atoms with van der Waals surface area (Å²) in [7, 11) is 0. The fraction of sp³-hybridized carbons (Fsp3) is 0.889. The molecular formula is C45H86N+. The number of aromatic nitrogens is 1. The van der Waals surface area contributed by atoms with Crippen LogP contribution in [-0.2, 0) is 19.4 Å². The molecule has 0 unspecified atom stereocenters. The number of nitrogens with zero attached hydrogens (tertiary/aromatic N) is 1. The SMILES string of the molecule is CCCCCCCCCCCCCCCc1cc(CCCCCCCCCCCCCCC)c[n+](CCCCCCCCCC)c1. The summed E-state index contributed by atoms with van der Waals surface area (Å²) in [5, 5.41) is 0. The first kappa shape index (κ1) is 43.2. The fourth-order valence-electron chi connectivity index (χ4n) is 7.30. The van der Waals surface area contributed by atoms with Gasteiger partial charge in [0.05, 0.1) is 0 Å². The molecule has 46 heavy (non-hydrogen) atoms. The topological polar surface area (TPSA) is 3.88 Å². The molecule has 0 radical (unpaired) electrons. The molecule has 0 saturated carbocycles. The van der Waals surface area contributed by atoms with Gasteiger partial charge >= 0.3 is 0 Å². The van der Waals surface area contributed by atoms with Gasteiger partial charge in [-0.15, -0.1) is 0 Å². The van der Waals surface area contributed by atoms with Gasteiger partial charge < -0.3 is 0 Å². The Hall–Kier alpha value is -0.850. The van der Waals surface area contributed by atoms with Gasteiger partial charge in [0.1, 0.15) is 6.54 Å². The fourth-order valence-corrected chi connectivity index (χ4v) is 7.30. The number of pyridine rings is 1. The summed E-state index contributed by atoms with van der Waals surface area (Å²) in [6.07, 6.45) is 56.3. The number of hydrogen-bond donors (Lipinski definition) is 0. The average molecular weight is 641 g/mol. The van der Waals surface area contributed by atoms with E-state index in [-0.39, 0.29) is 0 Å². The van der Waals surface area contributed by atoms with Crippen molar-refractivity contribution in [2.45, 2.75) is 258 Å². The van der Waals surface area contributed by atoms with E-state index in [0.29, 0.717) is 0 Å². The van der Waals surface area contributed by atoms with E-state index >= 15 is 0 Å². The Morgan fingerprint density at radius 2 is 0.543 bits per heavy atom. The molecule has 1 nitrogen and oxygen atoms in total. The van der Waals surface area contributed by atoms with Crippen LogP contribution in [0.15, 0.2) is 18.5 Å². The zero-order valence-electron chi connectivity index (χ0n) is 32.3. The molecule has 1 aromatic heterocycles. The van der Waals surface area contributed by atoms with Gasteiger partial charge in [-0.2, -0.15) is 0 Å². The summed E-state index contributed by atoms with van der Waals surface area (Å²) >= 11 is 0. The van der Waals surface area contributed by atoms with E-state index in [2.05, 4.69) is 43.8 Å². The lowest BCUT2D eigenvalue weighted by Gasteiger charge is -2.07. The molecule has 0 bridgehead atoms. The van der Waals surface area contributed by atoms with Crippen molar-refractivity contribution in [2.75, 3.05) is 0 Å². The third-order valence-electron chi connectivity index (χ3n) is 10.4. The predicted octanol–water partition coefficient (Wildman–Crippen LogP) is 15.4. The van der Waals surface area contributed by atoms with E-state index in [9.17, 15) is 0 Å². The van der Waals surface area contributed by atoms with Crippen molar-refractivity contribution >= 4 is 0 Å². The van der Waals surface area contributed by atoms with Crippen LogP contribution in [0.1, 0.15) is 250 Å². The largest absolute Gasteiger partial charge is 0.205 e. The number of rotatable bonds is 37. The molecule has 0 amide bonds. The highest BCUT2D eigenvalue weighted by Gasteiger charge is 2.09. The highest BCUT2D eigenvalue weighted by atomic mass is 14.9. The van der Waals surface area contributed by atoms with E-state index in [1.54, 1.807) is 11.1 Å². The maximum Gasteiger partial charge on any atom is 0.171 e. The highest BCUT2D eigenvalue weighted by molar-refractivity contribution is 5.15. The normalized spacial score (nSPS) is 11.5. The van der Waals surface area contributed by atoms with Crippen LogP contribution in [0.3, 0.4) is 0 Å². The molecule has 1 rings (SSSR count). The smallest absolute Gasteiger partial charge is 0.171 e. The van der Waals surface area contributed by atoms with Crippen LogP contribution in [0.25, 0.3) is 0 Å². The molecule has 1 aromatic rings. The standard InChI is InChI=1S/C45H86N/c1-4-7-10-13-16-19-21-23-25-27-29-32-35-38-44-41-45(43-46(42-44)40-37-34-31-18-15-12-9-6-3)39-36-33-30-28-26-24-22-20-17-14-11-8-5-2/h41-43H,4-40H2,1-3H3/q+1. The Morgan fingerprint density at radius 3 is 0.826 bits per heavy atom. The average Bonchev–Trinajstić information content (AvgIpc) is 3.06. The monoisotopic (exact) mass is 641 g/mol. The van der Waals surface area contributed by atoms with Crippen molar-refractivity contribution < 1.29 is 4.57 Å². The summed E-state index contributed by atoms with van der Waals surface area (Å²) in [4.78, 5) is 0. The molecule has 1 heteroatoms. The number of aryl methyl sites for hydroxylation is 3. The van der Waals surface area contributed by atoms with Gasteiger partial charge in [0, 0.05) is 17.5 Å². The van der Waals surface area contributed by atoms with E-state index in [1.165, 1.54) is 238 Å². The summed E-state index contributed by atoms with van der Waals surface area (Å²) in [6.45, 7) is 8.16. The van der Waals surface area contributed by atoms with E-state index in [4.69, 9.17) is 0 Å². The second-order valence-corrected chi connectivity index (χ2v) is 15.3. The minimum atomic E-state index is 1.22. The van der Waals surface area contributed by atoms with Gasteiger partial charge in [-0.3, -0.25) is 0 Å². The summed E-state index contributed by atoms with van der Waals surface area (Å²) < 4.78 is 2.58. The number of hydrogen-bond acceptors (Lipinski definition) is 0. The minimum Gasteiger partial charge on any atom is -0.205 e. The van der Waals surface area contributed by atoms with Gasteiger partial charge in [0.25, 0.3) is 0 Å². The van der Waals surface area contributed by atoms with Gasteiger partial charge in [-0.25, -0.2) is 4.57 Å².